The molecule has 0 unspecified atom stereocenters. The minimum absolute atomic E-state index is 0.119. The monoisotopic (exact) mass is 290 g/mol. The third-order valence-electron chi connectivity index (χ3n) is 2.56. The van der Waals surface area contributed by atoms with E-state index >= 15 is 0 Å². The lowest BCUT2D eigenvalue weighted by molar-refractivity contribution is 0.794. The molecule has 2 heterocycles. The van der Waals surface area contributed by atoms with Crippen LogP contribution in [0.4, 0.5) is 5.69 Å². The lowest BCUT2D eigenvalue weighted by Gasteiger charge is -1.98. The lowest BCUT2D eigenvalue weighted by atomic mass is 10.3. The van der Waals surface area contributed by atoms with Crippen molar-refractivity contribution in [1.29, 1.82) is 0 Å². The Morgan fingerprint density at radius 3 is 3.11 bits per heavy atom. The van der Waals surface area contributed by atoms with E-state index in [4.69, 9.17) is 5.73 Å². The Kier molecular flexibility index (Phi) is 3.00. The fourth-order valence-corrected chi connectivity index (χ4v) is 3.66. The second-order valence-corrected chi connectivity index (χ2v) is 6.22. The number of nitrogen functional groups attached to an aromatic ring is 1. The first-order chi connectivity index (χ1) is 9.13. The van der Waals surface area contributed by atoms with Crippen LogP contribution in [0.5, 0.6) is 0 Å². The fraction of sp³-hybridized carbons (Fsp3) is 0.0833. The maximum absolute atomic E-state index is 11.9. The molecule has 0 aliphatic carbocycles. The first-order valence-electron chi connectivity index (χ1n) is 5.49. The van der Waals surface area contributed by atoms with E-state index in [-0.39, 0.29) is 5.56 Å². The highest BCUT2D eigenvalue weighted by molar-refractivity contribution is 8.01. The van der Waals surface area contributed by atoms with Crippen LogP contribution in [0.2, 0.25) is 0 Å². The summed E-state index contributed by atoms with van der Waals surface area (Å²) in [5.41, 5.74) is 7.21. The van der Waals surface area contributed by atoms with E-state index in [1.165, 1.54) is 27.7 Å². The van der Waals surface area contributed by atoms with Gasteiger partial charge in [0.1, 0.15) is 0 Å². The summed E-state index contributed by atoms with van der Waals surface area (Å²) in [5, 5.41) is 0.428. The van der Waals surface area contributed by atoms with Gasteiger partial charge in [-0.15, -0.1) is 11.3 Å². The van der Waals surface area contributed by atoms with E-state index in [1.54, 1.807) is 19.4 Å². The molecule has 0 amide bonds. The number of rotatable bonds is 2. The number of thiazole rings is 1. The van der Waals surface area contributed by atoms with Crippen LogP contribution >= 0.6 is 23.1 Å². The van der Waals surface area contributed by atoms with Crippen LogP contribution in [-0.2, 0) is 7.05 Å². The van der Waals surface area contributed by atoms with Crippen LogP contribution in [0.1, 0.15) is 0 Å². The molecule has 19 heavy (non-hydrogen) atoms. The van der Waals surface area contributed by atoms with Gasteiger partial charge in [0.25, 0.3) is 5.56 Å². The third-order valence-corrected chi connectivity index (χ3v) is 4.61. The molecule has 2 aromatic heterocycles. The SMILES string of the molecule is Cn1ccnc(Sc2nc3ccc(N)cc3s2)c1=O. The number of anilines is 1. The highest BCUT2D eigenvalue weighted by Gasteiger charge is 2.10. The van der Waals surface area contributed by atoms with Gasteiger partial charge in [-0.1, -0.05) is 0 Å². The van der Waals surface area contributed by atoms with Crippen molar-refractivity contribution in [2.75, 3.05) is 5.73 Å². The summed E-state index contributed by atoms with van der Waals surface area (Å²) in [7, 11) is 1.70. The summed E-state index contributed by atoms with van der Waals surface area (Å²) in [4.78, 5) is 20.4. The van der Waals surface area contributed by atoms with Crippen molar-refractivity contribution < 1.29 is 0 Å². The van der Waals surface area contributed by atoms with Gasteiger partial charge in [-0.2, -0.15) is 0 Å². The van der Waals surface area contributed by atoms with Gasteiger partial charge in [0, 0.05) is 25.1 Å². The first kappa shape index (κ1) is 12.2. The highest BCUT2D eigenvalue weighted by Crippen LogP contribution is 2.32. The van der Waals surface area contributed by atoms with Crippen molar-refractivity contribution >= 4 is 39.0 Å². The summed E-state index contributed by atoms with van der Waals surface area (Å²) in [5.74, 6) is 0. The Hall–Kier alpha value is -1.86. The summed E-state index contributed by atoms with van der Waals surface area (Å²) in [6.45, 7) is 0. The molecule has 96 valence electrons. The van der Waals surface area contributed by atoms with Crippen LogP contribution in [0.15, 0.2) is 44.8 Å². The summed E-state index contributed by atoms with van der Waals surface area (Å²) in [6, 6.07) is 5.58. The maximum atomic E-state index is 11.9. The molecule has 3 rings (SSSR count). The quantitative estimate of drug-likeness (QED) is 0.732. The van der Waals surface area contributed by atoms with Crippen molar-refractivity contribution in [1.82, 2.24) is 14.5 Å². The zero-order chi connectivity index (χ0) is 13.4. The molecule has 0 saturated carbocycles. The average molecular weight is 290 g/mol. The van der Waals surface area contributed by atoms with Crippen LogP contribution in [0.3, 0.4) is 0 Å². The zero-order valence-electron chi connectivity index (χ0n) is 10.0. The van der Waals surface area contributed by atoms with Gasteiger partial charge in [-0.25, -0.2) is 9.97 Å². The van der Waals surface area contributed by atoms with Crippen molar-refractivity contribution in [2.45, 2.75) is 9.37 Å². The number of hydrogen-bond acceptors (Lipinski definition) is 6. The molecule has 0 spiro atoms. The topological polar surface area (TPSA) is 73.8 Å². The number of nitrogens with zero attached hydrogens (tertiary/aromatic N) is 3. The molecule has 0 aliphatic rings. The largest absolute Gasteiger partial charge is 0.399 e. The molecule has 0 radical (unpaired) electrons. The van der Waals surface area contributed by atoms with Gasteiger partial charge in [-0.05, 0) is 30.0 Å². The minimum Gasteiger partial charge on any atom is -0.399 e. The maximum Gasteiger partial charge on any atom is 0.283 e. The molecule has 5 nitrogen and oxygen atoms in total. The van der Waals surface area contributed by atoms with Crippen molar-refractivity contribution in [2.24, 2.45) is 7.05 Å². The number of aryl methyl sites for hydroxylation is 1. The van der Waals surface area contributed by atoms with E-state index in [2.05, 4.69) is 9.97 Å². The van der Waals surface area contributed by atoms with Crippen LogP contribution < -0.4 is 11.3 Å². The smallest absolute Gasteiger partial charge is 0.283 e. The van der Waals surface area contributed by atoms with E-state index in [1.807, 2.05) is 18.2 Å². The summed E-state index contributed by atoms with van der Waals surface area (Å²) < 4.78 is 3.30. The van der Waals surface area contributed by atoms with Crippen LogP contribution in [0, 0.1) is 0 Å². The van der Waals surface area contributed by atoms with Gasteiger partial charge >= 0.3 is 0 Å². The second-order valence-electron chi connectivity index (χ2n) is 3.96. The third kappa shape index (κ3) is 2.34. The average Bonchev–Trinajstić information content (AvgIpc) is 2.76. The van der Waals surface area contributed by atoms with Gasteiger partial charge in [0.05, 0.1) is 10.2 Å². The molecule has 0 atom stereocenters. The molecule has 0 aliphatic heterocycles. The van der Waals surface area contributed by atoms with E-state index in [0.717, 1.165) is 14.6 Å². The first-order valence-corrected chi connectivity index (χ1v) is 7.12. The zero-order valence-corrected chi connectivity index (χ0v) is 11.7. The van der Waals surface area contributed by atoms with Crippen molar-refractivity contribution in [3.63, 3.8) is 0 Å². The van der Waals surface area contributed by atoms with Gasteiger partial charge in [0.2, 0.25) is 0 Å². The summed E-state index contributed by atoms with van der Waals surface area (Å²) >= 11 is 2.79. The number of nitrogens with two attached hydrogens (primary N) is 1. The minimum atomic E-state index is -0.119. The Balaban J connectivity index is 2.01. The molecule has 1 aromatic carbocycles. The Bertz CT molecular complexity index is 809. The fourth-order valence-electron chi connectivity index (χ4n) is 1.59. The van der Waals surface area contributed by atoms with E-state index in [0.29, 0.717) is 10.7 Å². The van der Waals surface area contributed by atoms with Crippen molar-refractivity contribution in [3.05, 3.63) is 40.9 Å². The molecule has 0 fully saturated rings. The van der Waals surface area contributed by atoms with E-state index < -0.39 is 0 Å². The normalized spacial score (nSPS) is 11.0. The summed E-state index contributed by atoms with van der Waals surface area (Å²) in [6.07, 6.45) is 3.24. The lowest BCUT2D eigenvalue weighted by Crippen LogP contribution is -2.18. The standard InChI is InChI=1S/C12H10N4OS2/c1-16-5-4-14-10(11(16)17)19-12-15-8-3-2-7(13)6-9(8)18-12/h2-6H,13H2,1H3. The molecule has 7 heteroatoms. The highest BCUT2D eigenvalue weighted by atomic mass is 32.2. The van der Waals surface area contributed by atoms with Crippen molar-refractivity contribution in [3.8, 4) is 0 Å². The Labute approximate surface area is 117 Å². The number of hydrogen-bond donors (Lipinski definition) is 1. The predicted molar refractivity (Wildman–Crippen MR) is 77.6 cm³/mol. The predicted octanol–water partition coefficient (Wildman–Crippen LogP) is 2.12. The second kappa shape index (κ2) is 4.67. The van der Waals surface area contributed by atoms with Gasteiger partial charge < -0.3 is 10.3 Å². The Morgan fingerprint density at radius 2 is 2.26 bits per heavy atom. The van der Waals surface area contributed by atoms with Gasteiger partial charge in [0.15, 0.2) is 9.37 Å². The van der Waals surface area contributed by atoms with E-state index in [9.17, 15) is 4.79 Å². The molecule has 0 bridgehead atoms. The Morgan fingerprint density at radius 1 is 1.42 bits per heavy atom. The molecular weight excluding hydrogens is 280 g/mol. The number of benzene rings is 1. The molecule has 0 saturated heterocycles. The number of aromatic nitrogens is 3. The molecule has 2 N–H and O–H groups in total. The van der Waals surface area contributed by atoms with Gasteiger partial charge in [-0.3, -0.25) is 4.79 Å². The molecule has 3 aromatic rings. The van der Waals surface area contributed by atoms with Crippen LogP contribution in [-0.4, -0.2) is 14.5 Å². The van der Waals surface area contributed by atoms with Crippen LogP contribution in [0.25, 0.3) is 10.2 Å². The molecular formula is C12H10N4OS2. The number of fused-ring (bicyclic) bond motifs is 1.